The van der Waals surface area contributed by atoms with Crippen molar-refractivity contribution >= 4 is 15.9 Å². The molecule has 1 heterocycles. The van der Waals surface area contributed by atoms with Gasteiger partial charge in [0.1, 0.15) is 0 Å². The van der Waals surface area contributed by atoms with Crippen molar-refractivity contribution in [2.75, 3.05) is 6.79 Å². The number of hydrogen-bond donors (Lipinski definition) is 1. The van der Waals surface area contributed by atoms with E-state index in [1.807, 2.05) is 6.07 Å². The maximum Gasteiger partial charge on any atom is 0.231 e. The molecule has 1 aromatic carbocycles. The largest absolute Gasteiger partial charge is 0.454 e. The number of ether oxygens (including phenoxy) is 2. The Bertz CT molecular complexity index is 583. The third-order valence-corrected chi connectivity index (χ3v) is 4.90. The van der Waals surface area contributed by atoms with Crippen LogP contribution in [0.4, 0.5) is 0 Å². The summed E-state index contributed by atoms with van der Waals surface area (Å²) in [5, 5.41) is 20.3. The number of rotatable bonds is 2. The zero-order chi connectivity index (χ0) is 14.3. The Hall–Kier alpha value is -1.25. The zero-order valence-electron chi connectivity index (χ0n) is 11.2. The van der Waals surface area contributed by atoms with Crippen LogP contribution >= 0.6 is 15.9 Å². The van der Waals surface area contributed by atoms with Gasteiger partial charge in [0, 0.05) is 0 Å². The first kappa shape index (κ1) is 13.7. The Labute approximate surface area is 126 Å². The quantitative estimate of drug-likeness (QED) is 0.896. The molecular weight excluding hydrogens is 322 g/mol. The third kappa shape index (κ3) is 2.07. The lowest BCUT2D eigenvalue weighted by Crippen LogP contribution is -2.24. The highest BCUT2D eigenvalue weighted by Gasteiger charge is 2.45. The number of fused-ring (bicyclic) bond motifs is 1. The third-order valence-electron chi connectivity index (χ3n) is 4.31. The van der Waals surface area contributed by atoms with Crippen LogP contribution < -0.4 is 9.47 Å². The van der Waals surface area contributed by atoms with Gasteiger partial charge >= 0.3 is 0 Å². The van der Waals surface area contributed by atoms with Crippen molar-refractivity contribution in [2.45, 2.75) is 32.3 Å². The lowest BCUT2D eigenvalue weighted by atomic mass is 9.78. The topological polar surface area (TPSA) is 62.5 Å². The summed E-state index contributed by atoms with van der Waals surface area (Å²) in [7, 11) is 0. The lowest BCUT2D eigenvalue weighted by Gasteiger charge is -2.28. The van der Waals surface area contributed by atoms with Crippen molar-refractivity contribution in [1.82, 2.24) is 0 Å². The molecule has 0 saturated heterocycles. The number of nitrogens with zero attached hydrogens (tertiary/aromatic N) is 1. The number of benzene rings is 1. The molecule has 3 atom stereocenters. The van der Waals surface area contributed by atoms with Crippen molar-refractivity contribution in [3.63, 3.8) is 0 Å². The molecule has 0 aromatic heterocycles. The highest BCUT2D eigenvalue weighted by Crippen LogP contribution is 2.51. The molecule has 3 rings (SSSR count). The van der Waals surface area contributed by atoms with Crippen LogP contribution in [0, 0.1) is 22.7 Å². The van der Waals surface area contributed by atoms with Crippen molar-refractivity contribution in [1.29, 1.82) is 5.26 Å². The minimum Gasteiger partial charge on any atom is -0.454 e. The van der Waals surface area contributed by atoms with Gasteiger partial charge in [-0.2, -0.15) is 5.26 Å². The van der Waals surface area contributed by atoms with Gasteiger partial charge in [-0.1, -0.05) is 6.92 Å². The molecule has 1 aliphatic carbocycles. The van der Waals surface area contributed by atoms with Crippen molar-refractivity contribution in [2.24, 2.45) is 11.3 Å². The first-order chi connectivity index (χ1) is 9.55. The van der Waals surface area contributed by atoms with E-state index in [9.17, 15) is 10.4 Å². The monoisotopic (exact) mass is 337 g/mol. The lowest BCUT2D eigenvalue weighted by molar-refractivity contribution is 0.0645. The van der Waals surface area contributed by atoms with Gasteiger partial charge in [0.15, 0.2) is 11.5 Å². The summed E-state index contributed by atoms with van der Waals surface area (Å²) in [5.74, 6) is 1.75. The van der Waals surface area contributed by atoms with Gasteiger partial charge < -0.3 is 14.6 Å². The second kappa shape index (κ2) is 4.94. The van der Waals surface area contributed by atoms with Crippen LogP contribution in [-0.2, 0) is 0 Å². The minimum absolute atomic E-state index is 0.188. The van der Waals surface area contributed by atoms with Crippen LogP contribution in [0.1, 0.15) is 37.9 Å². The van der Waals surface area contributed by atoms with E-state index >= 15 is 0 Å². The maximum absolute atomic E-state index is 10.7. The van der Waals surface area contributed by atoms with Crippen LogP contribution in [0.2, 0.25) is 0 Å². The summed E-state index contributed by atoms with van der Waals surface area (Å²) < 4.78 is 11.5. The molecule has 1 fully saturated rings. The molecule has 1 N–H and O–H groups in total. The smallest absolute Gasteiger partial charge is 0.231 e. The van der Waals surface area contributed by atoms with Gasteiger partial charge in [0.05, 0.1) is 22.1 Å². The van der Waals surface area contributed by atoms with Gasteiger partial charge in [0.2, 0.25) is 6.79 Å². The number of aliphatic hydroxyl groups excluding tert-OH is 1. The summed E-state index contributed by atoms with van der Waals surface area (Å²) in [6, 6.07) is 5.95. The van der Waals surface area contributed by atoms with Crippen molar-refractivity contribution in [3.05, 3.63) is 22.2 Å². The highest BCUT2D eigenvalue weighted by molar-refractivity contribution is 9.10. The zero-order valence-corrected chi connectivity index (χ0v) is 12.8. The molecule has 20 heavy (non-hydrogen) atoms. The molecule has 0 bridgehead atoms. The second-order valence-electron chi connectivity index (χ2n) is 5.75. The fourth-order valence-corrected chi connectivity index (χ4v) is 3.78. The first-order valence-corrected chi connectivity index (χ1v) is 7.53. The van der Waals surface area contributed by atoms with Crippen LogP contribution in [0.25, 0.3) is 0 Å². The van der Waals surface area contributed by atoms with E-state index in [1.165, 1.54) is 0 Å². The molecule has 0 spiro atoms. The molecule has 0 amide bonds. The molecule has 4 nitrogen and oxygen atoms in total. The molecule has 0 radical (unpaired) electrons. The molecule has 106 valence electrons. The molecule has 1 aromatic rings. The average Bonchev–Trinajstić information content (AvgIpc) is 3.05. The Morgan fingerprint density at radius 1 is 1.50 bits per heavy atom. The first-order valence-electron chi connectivity index (χ1n) is 6.74. The predicted molar refractivity (Wildman–Crippen MR) is 76.3 cm³/mol. The minimum atomic E-state index is -0.803. The Kier molecular flexibility index (Phi) is 3.39. The van der Waals surface area contributed by atoms with Gasteiger partial charge in [0.25, 0.3) is 0 Å². The summed E-state index contributed by atoms with van der Waals surface area (Å²) in [6.45, 7) is 2.31. The van der Waals surface area contributed by atoms with Gasteiger partial charge in [-0.3, -0.25) is 0 Å². The highest BCUT2D eigenvalue weighted by atomic mass is 79.9. The number of hydrogen-bond acceptors (Lipinski definition) is 4. The normalized spacial score (nSPS) is 29.2. The van der Waals surface area contributed by atoms with E-state index in [0.717, 1.165) is 23.7 Å². The summed E-state index contributed by atoms with van der Waals surface area (Å²) in [5.41, 5.74) is 0.0174. The number of halogens is 1. The summed E-state index contributed by atoms with van der Waals surface area (Å²) >= 11 is 3.43. The van der Waals surface area contributed by atoms with Crippen LogP contribution in [-0.4, -0.2) is 11.9 Å². The summed E-state index contributed by atoms with van der Waals surface area (Å²) in [4.78, 5) is 0. The van der Waals surface area contributed by atoms with Crippen LogP contribution in [0.3, 0.4) is 0 Å². The molecule has 1 saturated carbocycles. The molecular formula is C15H16BrNO3. The standard InChI is InChI=1S/C15H16BrNO3/c1-9-2-3-15(6-9,7-17)14(18)10-4-11(16)13-12(5-10)19-8-20-13/h4-5,9,14,18H,2-3,6,8H2,1H3. The van der Waals surface area contributed by atoms with Gasteiger partial charge in [-0.15, -0.1) is 0 Å². The Morgan fingerprint density at radius 3 is 2.95 bits per heavy atom. The van der Waals surface area contributed by atoms with Crippen molar-refractivity contribution in [3.8, 4) is 17.6 Å². The SMILES string of the molecule is CC1CCC(C#N)(C(O)c2cc(Br)c3c(c2)OCO3)C1. The fourth-order valence-electron chi connectivity index (χ4n) is 3.21. The second-order valence-corrected chi connectivity index (χ2v) is 6.61. The number of nitriles is 1. The molecule has 1 aliphatic heterocycles. The van der Waals surface area contributed by atoms with E-state index in [0.29, 0.717) is 23.0 Å². The van der Waals surface area contributed by atoms with E-state index < -0.39 is 11.5 Å². The Morgan fingerprint density at radius 2 is 2.30 bits per heavy atom. The molecule has 5 heteroatoms. The fraction of sp³-hybridized carbons (Fsp3) is 0.533. The molecule has 3 unspecified atom stereocenters. The van der Waals surface area contributed by atoms with Gasteiger partial charge in [-0.25, -0.2) is 0 Å². The predicted octanol–water partition coefficient (Wildman–Crippen LogP) is 3.54. The van der Waals surface area contributed by atoms with Crippen molar-refractivity contribution < 1.29 is 14.6 Å². The van der Waals surface area contributed by atoms with E-state index in [1.54, 1.807) is 6.07 Å². The van der Waals surface area contributed by atoms with E-state index in [2.05, 4.69) is 28.9 Å². The van der Waals surface area contributed by atoms with E-state index in [4.69, 9.17) is 9.47 Å². The van der Waals surface area contributed by atoms with E-state index in [-0.39, 0.29) is 6.79 Å². The number of aliphatic hydroxyl groups is 1. The van der Waals surface area contributed by atoms with Crippen LogP contribution in [0.5, 0.6) is 11.5 Å². The maximum atomic E-state index is 10.7. The Balaban J connectivity index is 1.97. The summed E-state index contributed by atoms with van der Waals surface area (Å²) in [6.07, 6.45) is 1.65. The van der Waals surface area contributed by atoms with Crippen LogP contribution in [0.15, 0.2) is 16.6 Å². The average molecular weight is 338 g/mol. The molecule has 2 aliphatic rings. The van der Waals surface area contributed by atoms with Gasteiger partial charge in [-0.05, 0) is 58.8 Å².